The van der Waals surface area contributed by atoms with E-state index in [-0.39, 0.29) is 0 Å². The molecule has 0 spiro atoms. The summed E-state index contributed by atoms with van der Waals surface area (Å²) < 4.78 is 5.40. The number of nitrogens with one attached hydrogen (secondary N) is 1. The molecule has 4 nitrogen and oxygen atoms in total. The Kier molecular flexibility index (Phi) is 5.61. The fourth-order valence-corrected chi connectivity index (χ4v) is 2.40. The van der Waals surface area contributed by atoms with Crippen molar-refractivity contribution in [1.29, 1.82) is 0 Å². The number of pyridine rings is 1. The largest absolute Gasteiger partial charge is 0.381 e. The maximum Gasteiger partial charge on any atom is 0.128 e. The van der Waals surface area contributed by atoms with E-state index in [1.165, 1.54) is 5.56 Å². The number of hydrogen-bond donors (Lipinski definition) is 1. The van der Waals surface area contributed by atoms with Gasteiger partial charge in [0.15, 0.2) is 0 Å². The molecule has 0 aromatic carbocycles. The van der Waals surface area contributed by atoms with Gasteiger partial charge in [-0.25, -0.2) is 4.98 Å². The minimum absolute atomic E-state index is 0.560. The number of aromatic nitrogens is 1. The van der Waals surface area contributed by atoms with Gasteiger partial charge < -0.3 is 15.0 Å². The van der Waals surface area contributed by atoms with E-state index in [2.05, 4.69) is 41.3 Å². The van der Waals surface area contributed by atoms with Gasteiger partial charge in [-0.15, -0.1) is 0 Å². The summed E-state index contributed by atoms with van der Waals surface area (Å²) in [4.78, 5) is 6.86. The summed E-state index contributed by atoms with van der Waals surface area (Å²) in [5, 5.41) is 3.39. The molecule has 106 valence electrons. The van der Waals surface area contributed by atoms with Crippen molar-refractivity contribution in [2.24, 2.45) is 0 Å². The van der Waals surface area contributed by atoms with Crippen LogP contribution in [-0.4, -0.2) is 37.8 Å². The van der Waals surface area contributed by atoms with Crippen LogP contribution in [0.15, 0.2) is 18.3 Å². The fraction of sp³-hybridized carbons (Fsp3) is 0.667. The Morgan fingerprint density at radius 2 is 2.16 bits per heavy atom. The SMILES string of the molecule is CCCNCc1ccc(N(C)C2CCOCC2)nc1. The van der Waals surface area contributed by atoms with Gasteiger partial charge in [0.2, 0.25) is 0 Å². The topological polar surface area (TPSA) is 37.4 Å². The molecule has 1 N–H and O–H groups in total. The molecule has 1 aliphatic rings. The zero-order valence-corrected chi connectivity index (χ0v) is 12.1. The first-order chi connectivity index (χ1) is 9.31. The second kappa shape index (κ2) is 7.46. The van der Waals surface area contributed by atoms with E-state index in [9.17, 15) is 0 Å². The maximum atomic E-state index is 5.40. The lowest BCUT2D eigenvalue weighted by Gasteiger charge is -2.32. The quantitative estimate of drug-likeness (QED) is 0.798. The van der Waals surface area contributed by atoms with Crippen molar-refractivity contribution in [2.75, 3.05) is 31.7 Å². The van der Waals surface area contributed by atoms with Gasteiger partial charge in [-0.05, 0) is 37.4 Å². The van der Waals surface area contributed by atoms with Crippen molar-refractivity contribution >= 4 is 5.82 Å². The molecular weight excluding hydrogens is 238 g/mol. The van der Waals surface area contributed by atoms with Crippen LogP contribution in [0.5, 0.6) is 0 Å². The molecule has 1 fully saturated rings. The summed E-state index contributed by atoms with van der Waals surface area (Å²) in [6, 6.07) is 4.85. The average molecular weight is 263 g/mol. The number of anilines is 1. The number of nitrogens with zero attached hydrogens (tertiary/aromatic N) is 2. The van der Waals surface area contributed by atoms with Crippen molar-refractivity contribution in [3.63, 3.8) is 0 Å². The molecule has 1 aromatic heterocycles. The maximum absolute atomic E-state index is 5.40. The standard InChI is InChI=1S/C15H25N3O/c1-3-8-16-11-13-4-5-15(17-12-13)18(2)14-6-9-19-10-7-14/h4-5,12,14,16H,3,6-11H2,1-2H3. The monoisotopic (exact) mass is 263 g/mol. The summed E-state index contributed by atoms with van der Waals surface area (Å²) >= 11 is 0. The van der Waals surface area contributed by atoms with E-state index in [0.717, 1.165) is 51.4 Å². The summed E-state index contributed by atoms with van der Waals surface area (Å²) in [7, 11) is 2.13. The van der Waals surface area contributed by atoms with Crippen LogP contribution in [-0.2, 0) is 11.3 Å². The van der Waals surface area contributed by atoms with Crippen LogP contribution >= 0.6 is 0 Å². The van der Waals surface area contributed by atoms with E-state index in [0.29, 0.717) is 6.04 Å². The summed E-state index contributed by atoms with van der Waals surface area (Å²) in [5.74, 6) is 1.06. The third-order valence-electron chi connectivity index (χ3n) is 3.66. The molecule has 0 bridgehead atoms. The Morgan fingerprint density at radius 3 is 2.79 bits per heavy atom. The molecule has 1 aliphatic heterocycles. The zero-order chi connectivity index (χ0) is 13.5. The van der Waals surface area contributed by atoms with Gasteiger partial charge in [0.25, 0.3) is 0 Å². The van der Waals surface area contributed by atoms with Crippen LogP contribution < -0.4 is 10.2 Å². The Morgan fingerprint density at radius 1 is 1.37 bits per heavy atom. The second-order valence-corrected chi connectivity index (χ2v) is 5.16. The summed E-state index contributed by atoms with van der Waals surface area (Å²) in [5.41, 5.74) is 1.25. The second-order valence-electron chi connectivity index (χ2n) is 5.16. The average Bonchev–Trinajstić information content (AvgIpc) is 2.48. The van der Waals surface area contributed by atoms with Gasteiger partial charge >= 0.3 is 0 Å². The number of ether oxygens (including phenoxy) is 1. The lowest BCUT2D eigenvalue weighted by atomic mass is 10.1. The highest BCUT2D eigenvalue weighted by atomic mass is 16.5. The summed E-state index contributed by atoms with van der Waals surface area (Å²) in [6.45, 7) is 5.88. The molecule has 2 heterocycles. The van der Waals surface area contributed by atoms with E-state index in [1.807, 2.05) is 6.20 Å². The molecule has 0 amide bonds. The van der Waals surface area contributed by atoms with Crippen molar-refractivity contribution in [1.82, 2.24) is 10.3 Å². The van der Waals surface area contributed by atoms with Gasteiger partial charge in [0.1, 0.15) is 5.82 Å². The Bertz CT molecular complexity index is 360. The lowest BCUT2D eigenvalue weighted by Crippen LogP contribution is -2.37. The normalized spacial score (nSPS) is 16.5. The Labute approximate surface area is 116 Å². The number of rotatable bonds is 6. The van der Waals surface area contributed by atoms with Crippen molar-refractivity contribution in [2.45, 2.75) is 38.8 Å². The predicted octanol–water partition coefficient (Wildman–Crippen LogP) is 2.20. The van der Waals surface area contributed by atoms with Crippen molar-refractivity contribution < 1.29 is 4.74 Å². The van der Waals surface area contributed by atoms with Gasteiger partial charge in [-0.1, -0.05) is 13.0 Å². The van der Waals surface area contributed by atoms with Crippen LogP contribution in [0, 0.1) is 0 Å². The highest BCUT2D eigenvalue weighted by Crippen LogP contribution is 2.19. The van der Waals surface area contributed by atoms with Crippen LogP contribution in [0.1, 0.15) is 31.7 Å². The van der Waals surface area contributed by atoms with E-state index < -0.39 is 0 Å². The minimum Gasteiger partial charge on any atom is -0.381 e. The van der Waals surface area contributed by atoms with E-state index in [1.54, 1.807) is 0 Å². The highest BCUT2D eigenvalue weighted by molar-refractivity contribution is 5.39. The zero-order valence-electron chi connectivity index (χ0n) is 12.1. The first kappa shape index (κ1) is 14.3. The highest BCUT2D eigenvalue weighted by Gasteiger charge is 2.19. The molecule has 0 saturated carbocycles. The Hall–Kier alpha value is -1.13. The van der Waals surface area contributed by atoms with Crippen LogP contribution in [0.25, 0.3) is 0 Å². The van der Waals surface area contributed by atoms with Gasteiger partial charge in [0.05, 0.1) is 0 Å². The molecule has 0 aliphatic carbocycles. The van der Waals surface area contributed by atoms with Crippen LogP contribution in [0.2, 0.25) is 0 Å². The van der Waals surface area contributed by atoms with Crippen LogP contribution in [0.4, 0.5) is 5.82 Å². The smallest absolute Gasteiger partial charge is 0.128 e. The minimum atomic E-state index is 0.560. The first-order valence-corrected chi connectivity index (χ1v) is 7.27. The molecule has 19 heavy (non-hydrogen) atoms. The van der Waals surface area contributed by atoms with Crippen molar-refractivity contribution in [3.8, 4) is 0 Å². The molecule has 4 heteroatoms. The predicted molar refractivity (Wildman–Crippen MR) is 78.5 cm³/mol. The van der Waals surface area contributed by atoms with Crippen LogP contribution in [0.3, 0.4) is 0 Å². The molecule has 2 rings (SSSR count). The van der Waals surface area contributed by atoms with Gasteiger partial charge in [-0.2, -0.15) is 0 Å². The molecular formula is C15H25N3O. The van der Waals surface area contributed by atoms with E-state index in [4.69, 9.17) is 4.74 Å². The fourth-order valence-electron chi connectivity index (χ4n) is 2.40. The third kappa shape index (κ3) is 4.18. The first-order valence-electron chi connectivity index (χ1n) is 7.27. The Balaban J connectivity index is 1.89. The van der Waals surface area contributed by atoms with Crippen molar-refractivity contribution in [3.05, 3.63) is 23.9 Å². The van der Waals surface area contributed by atoms with E-state index >= 15 is 0 Å². The van der Waals surface area contributed by atoms with Gasteiger partial charge in [0, 0.05) is 39.0 Å². The molecule has 1 aromatic rings. The number of hydrogen-bond acceptors (Lipinski definition) is 4. The molecule has 0 unspecified atom stereocenters. The summed E-state index contributed by atoms with van der Waals surface area (Å²) in [6.07, 6.45) is 5.34. The van der Waals surface area contributed by atoms with Gasteiger partial charge in [-0.3, -0.25) is 0 Å². The molecule has 1 saturated heterocycles. The molecule has 0 atom stereocenters. The lowest BCUT2D eigenvalue weighted by molar-refractivity contribution is 0.0853. The third-order valence-corrected chi connectivity index (χ3v) is 3.66. The molecule has 0 radical (unpaired) electrons.